The van der Waals surface area contributed by atoms with E-state index in [2.05, 4.69) is 15.5 Å². The van der Waals surface area contributed by atoms with Gasteiger partial charge in [0.15, 0.2) is 9.84 Å². The average molecular weight is 944 g/mol. The molecule has 3 aromatic rings. The van der Waals surface area contributed by atoms with Gasteiger partial charge >= 0.3 is 12.2 Å². The number of hydrogen-bond donors (Lipinski definition) is 4. The Morgan fingerprint density at radius 2 is 0.985 bits per heavy atom. The SMILES string of the molecule is COC(=O)N[C@H](C(=O)N1CCC[C@@]1(C(N)=O)c1ccc([C@H]2CC[C@H](c3ccc([C@]4(C(N)=O)CCCN4C(=O)[C@@H](NC(=O)OC)C(C)(C)C)cc3)N2c2ccc(S(C)(=O)=O)cc2)cc1)C(C)(C)C. The molecule has 0 bridgehead atoms. The first-order chi connectivity index (χ1) is 31.3. The van der Waals surface area contributed by atoms with Gasteiger partial charge in [0.1, 0.15) is 23.2 Å². The van der Waals surface area contributed by atoms with Crippen molar-refractivity contribution in [3.8, 4) is 0 Å². The van der Waals surface area contributed by atoms with Crippen LogP contribution in [0.25, 0.3) is 0 Å². The van der Waals surface area contributed by atoms with Gasteiger partial charge in [0.05, 0.1) is 31.2 Å². The number of benzene rings is 3. The normalized spacial score (nSPS) is 23.0. The van der Waals surface area contributed by atoms with E-state index in [9.17, 15) is 37.2 Å². The number of likely N-dealkylation sites (tertiary alicyclic amines) is 2. The van der Waals surface area contributed by atoms with E-state index in [1.54, 1.807) is 24.3 Å². The van der Waals surface area contributed by atoms with Crippen molar-refractivity contribution in [1.29, 1.82) is 0 Å². The van der Waals surface area contributed by atoms with Gasteiger partial charge in [-0.2, -0.15) is 0 Å². The molecule has 6 amide bonds. The van der Waals surface area contributed by atoms with Crippen LogP contribution in [0.2, 0.25) is 0 Å². The summed E-state index contributed by atoms with van der Waals surface area (Å²) >= 11 is 0. The first kappa shape index (κ1) is 50.2. The molecule has 0 saturated carbocycles. The maximum absolute atomic E-state index is 14.3. The van der Waals surface area contributed by atoms with E-state index in [1.807, 2.05) is 90.1 Å². The van der Waals surface area contributed by atoms with Crippen LogP contribution in [-0.2, 0) is 49.6 Å². The number of alkyl carbamates (subject to hydrolysis) is 2. The fourth-order valence-corrected chi connectivity index (χ4v) is 10.9. The van der Waals surface area contributed by atoms with Crippen molar-refractivity contribution < 1.29 is 46.7 Å². The number of nitrogens with one attached hydrogen (secondary N) is 2. The topological polar surface area (TPSA) is 241 Å². The van der Waals surface area contributed by atoms with E-state index in [1.165, 1.54) is 24.0 Å². The predicted molar refractivity (Wildman–Crippen MR) is 251 cm³/mol. The number of anilines is 1. The number of hydrogen-bond acceptors (Lipinski definition) is 11. The molecule has 3 aliphatic heterocycles. The van der Waals surface area contributed by atoms with Crippen molar-refractivity contribution in [3.63, 3.8) is 0 Å². The summed E-state index contributed by atoms with van der Waals surface area (Å²) in [5, 5.41) is 5.32. The first-order valence-electron chi connectivity index (χ1n) is 22.5. The van der Waals surface area contributed by atoms with E-state index < -0.39 is 79.6 Å². The van der Waals surface area contributed by atoms with Crippen LogP contribution in [-0.4, -0.2) is 99.7 Å². The molecule has 6 N–H and O–H groups in total. The second-order valence-electron chi connectivity index (χ2n) is 20.0. The average Bonchev–Trinajstić information content (AvgIpc) is 4.05. The summed E-state index contributed by atoms with van der Waals surface area (Å²) in [5.41, 5.74) is 11.6. The molecule has 0 unspecified atom stereocenters. The third-order valence-electron chi connectivity index (χ3n) is 13.7. The van der Waals surface area contributed by atoms with Crippen LogP contribution < -0.4 is 27.0 Å². The third kappa shape index (κ3) is 9.54. The molecule has 3 saturated heterocycles. The van der Waals surface area contributed by atoms with Gasteiger partial charge < -0.3 is 46.3 Å². The van der Waals surface area contributed by atoms with Crippen molar-refractivity contribution >= 4 is 51.3 Å². The van der Waals surface area contributed by atoms with Gasteiger partial charge in [-0.1, -0.05) is 90.1 Å². The largest absolute Gasteiger partial charge is 0.453 e. The van der Waals surface area contributed by atoms with Gasteiger partial charge in [0, 0.05) is 25.0 Å². The molecular weight excluding hydrogens is 879 g/mol. The number of primary amides is 2. The van der Waals surface area contributed by atoms with Crippen LogP contribution in [0.1, 0.15) is 114 Å². The number of sulfone groups is 1. The molecule has 0 aliphatic carbocycles. The molecule has 0 spiro atoms. The van der Waals surface area contributed by atoms with E-state index >= 15 is 0 Å². The minimum Gasteiger partial charge on any atom is -0.453 e. The number of nitrogens with zero attached hydrogens (tertiary/aromatic N) is 3. The smallest absolute Gasteiger partial charge is 0.407 e. The number of carbonyl (C=O) groups is 6. The minimum atomic E-state index is -3.49. The lowest BCUT2D eigenvalue weighted by Crippen LogP contribution is -2.61. The number of nitrogens with two attached hydrogens (primary N) is 2. The molecule has 6 rings (SSSR count). The van der Waals surface area contributed by atoms with E-state index in [4.69, 9.17) is 20.9 Å². The molecule has 3 aromatic carbocycles. The van der Waals surface area contributed by atoms with Gasteiger partial charge in [-0.3, -0.25) is 19.2 Å². The van der Waals surface area contributed by atoms with Crippen LogP contribution in [0.3, 0.4) is 0 Å². The number of carbonyl (C=O) groups excluding carboxylic acids is 6. The fourth-order valence-electron chi connectivity index (χ4n) is 10.2. The zero-order chi connectivity index (χ0) is 49.4. The number of methoxy groups -OCH3 is 2. The van der Waals surface area contributed by atoms with Gasteiger partial charge in [-0.15, -0.1) is 0 Å². The summed E-state index contributed by atoms with van der Waals surface area (Å²) in [6, 6.07) is 19.2. The lowest BCUT2D eigenvalue weighted by atomic mass is 9.82. The molecule has 67 heavy (non-hydrogen) atoms. The van der Waals surface area contributed by atoms with Crippen LogP contribution in [0.5, 0.6) is 0 Å². The maximum atomic E-state index is 14.3. The number of amides is 6. The maximum Gasteiger partial charge on any atom is 0.407 e. The van der Waals surface area contributed by atoms with Crippen molar-refractivity contribution in [3.05, 3.63) is 95.1 Å². The summed E-state index contributed by atoms with van der Waals surface area (Å²) in [6.07, 6.45) is 2.53. The number of rotatable bonds is 12. The zero-order valence-electron chi connectivity index (χ0n) is 39.9. The molecule has 6 atom stereocenters. The second-order valence-corrected chi connectivity index (χ2v) is 22.0. The Labute approximate surface area is 393 Å². The highest BCUT2D eigenvalue weighted by Crippen LogP contribution is 2.49. The molecule has 0 radical (unpaired) electrons. The zero-order valence-corrected chi connectivity index (χ0v) is 40.7. The highest BCUT2D eigenvalue weighted by atomic mass is 32.2. The van der Waals surface area contributed by atoms with E-state index in [-0.39, 0.29) is 42.9 Å². The fraction of sp³-hybridized carbons (Fsp3) is 0.510. The first-order valence-corrected chi connectivity index (χ1v) is 24.4. The number of ether oxygens (including phenoxy) is 2. The van der Waals surface area contributed by atoms with Crippen molar-refractivity contribution in [2.45, 2.75) is 120 Å². The van der Waals surface area contributed by atoms with Crippen LogP contribution >= 0.6 is 0 Å². The van der Waals surface area contributed by atoms with Crippen molar-refractivity contribution in [2.24, 2.45) is 22.3 Å². The van der Waals surface area contributed by atoms with Crippen LogP contribution in [0.15, 0.2) is 77.7 Å². The van der Waals surface area contributed by atoms with Gasteiger partial charge in [0.2, 0.25) is 23.6 Å². The Kier molecular flexibility index (Phi) is 14.1. The lowest BCUT2D eigenvalue weighted by molar-refractivity contribution is -0.147. The Balaban J connectivity index is 1.36. The van der Waals surface area contributed by atoms with E-state index in [0.717, 1.165) is 23.1 Å². The summed E-state index contributed by atoms with van der Waals surface area (Å²) < 4.78 is 34.7. The molecule has 3 fully saturated rings. The van der Waals surface area contributed by atoms with Gasteiger partial charge in [-0.25, -0.2) is 18.0 Å². The molecule has 0 aromatic heterocycles. The summed E-state index contributed by atoms with van der Waals surface area (Å²) in [6.45, 7) is 11.4. The molecule has 362 valence electrons. The quantitative estimate of drug-likeness (QED) is 0.181. The Morgan fingerprint density at radius 1 is 0.627 bits per heavy atom. The highest BCUT2D eigenvalue weighted by Gasteiger charge is 2.54. The van der Waals surface area contributed by atoms with E-state index in [0.29, 0.717) is 36.8 Å². The predicted octanol–water partition coefficient (Wildman–Crippen LogP) is 5.32. The summed E-state index contributed by atoms with van der Waals surface area (Å²) in [7, 11) is -1.06. The lowest BCUT2D eigenvalue weighted by Gasteiger charge is -2.41. The molecular formula is C49H65N7O10S. The molecule has 3 aliphatic rings. The minimum absolute atomic E-state index is 0.169. The summed E-state index contributed by atoms with van der Waals surface area (Å²) in [5.74, 6) is -2.29. The van der Waals surface area contributed by atoms with Gasteiger partial charge in [-0.05, 0) is 95.9 Å². The monoisotopic (exact) mass is 943 g/mol. The van der Waals surface area contributed by atoms with Gasteiger partial charge in [0.25, 0.3) is 0 Å². The molecule has 3 heterocycles. The molecule has 17 nitrogen and oxygen atoms in total. The van der Waals surface area contributed by atoms with Crippen molar-refractivity contribution in [2.75, 3.05) is 38.5 Å². The third-order valence-corrected chi connectivity index (χ3v) is 14.9. The van der Waals surface area contributed by atoms with Crippen molar-refractivity contribution in [1.82, 2.24) is 20.4 Å². The Bertz CT molecular complexity index is 2350. The molecule has 18 heteroatoms. The standard InChI is InChI=1S/C49H65N7O10S/c1-46(2,3)38(52-44(61)65-7)40(57)54-28-10-26-48(54,42(50)59)32-16-12-30(13-17-32)36-24-25-37(56(36)34-20-22-35(23-21-34)67(9,63)64)31-14-18-33(19-15-31)49(43(51)60)27-11-29-55(49)41(58)39(47(4,5)6)53-45(62)66-8/h12-23,36-39H,10-11,24-29H2,1-9H3,(H2,50,59)(H2,51,60)(H,52,61)(H,53,62)/t36-,37-,38-,39-,48+,49+/m1/s1. The Morgan fingerprint density at radius 3 is 1.28 bits per heavy atom. The van der Waals surface area contributed by atoms with Crippen LogP contribution in [0, 0.1) is 10.8 Å². The summed E-state index contributed by atoms with van der Waals surface area (Å²) in [4.78, 5) is 85.9. The Hall–Kier alpha value is -6.17. The highest BCUT2D eigenvalue weighted by molar-refractivity contribution is 7.90. The second kappa shape index (κ2) is 18.8. The van der Waals surface area contributed by atoms with Crippen LogP contribution in [0.4, 0.5) is 15.3 Å².